The van der Waals surface area contributed by atoms with Crippen LogP contribution in [0.5, 0.6) is 11.6 Å². The molecule has 0 unspecified atom stereocenters. The van der Waals surface area contributed by atoms with Crippen LogP contribution in [0.15, 0.2) is 48.8 Å². The molecule has 152 valence electrons. The van der Waals surface area contributed by atoms with Crippen molar-refractivity contribution in [2.75, 3.05) is 6.61 Å². The fourth-order valence-electron chi connectivity index (χ4n) is 2.80. The van der Waals surface area contributed by atoms with Crippen LogP contribution in [0.4, 0.5) is 0 Å². The molecule has 0 bridgehead atoms. The Morgan fingerprint density at radius 2 is 2.03 bits per heavy atom. The third-order valence-electron chi connectivity index (χ3n) is 4.49. The molecule has 1 amide bonds. The Morgan fingerprint density at radius 3 is 2.69 bits per heavy atom. The van der Waals surface area contributed by atoms with Gasteiger partial charge in [-0.15, -0.1) is 0 Å². The molecular weight excluding hydrogens is 368 g/mol. The van der Waals surface area contributed by atoms with Gasteiger partial charge in [0, 0.05) is 25.5 Å². The predicted molar refractivity (Wildman–Crippen MR) is 111 cm³/mol. The molecule has 2 aromatic heterocycles. The molecular formula is C22H26N4O3. The van der Waals surface area contributed by atoms with Crippen LogP contribution in [0.25, 0.3) is 11.3 Å². The molecule has 0 aliphatic carbocycles. The van der Waals surface area contributed by atoms with Gasteiger partial charge in [-0.3, -0.25) is 9.48 Å². The molecule has 1 aromatic carbocycles. The van der Waals surface area contributed by atoms with Crippen LogP contribution in [-0.2, 0) is 7.05 Å². The zero-order valence-electron chi connectivity index (χ0n) is 17.1. The average Bonchev–Trinajstić information content (AvgIpc) is 3.14. The van der Waals surface area contributed by atoms with E-state index in [0.717, 1.165) is 5.56 Å². The van der Waals surface area contributed by atoms with E-state index in [9.17, 15) is 9.90 Å². The predicted octanol–water partition coefficient (Wildman–Crippen LogP) is 3.51. The van der Waals surface area contributed by atoms with E-state index in [1.807, 2.05) is 37.5 Å². The SMILES string of the molecule is CC(C)c1cccc(Oc2ncc(C(=O)N[C@H](C)CO)cc2-c2ccn(C)n2)c1. The summed E-state index contributed by atoms with van der Waals surface area (Å²) >= 11 is 0. The summed E-state index contributed by atoms with van der Waals surface area (Å²) in [5.41, 5.74) is 2.80. The Kier molecular flexibility index (Phi) is 6.29. The van der Waals surface area contributed by atoms with Gasteiger partial charge >= 0.3 is 0 Å². The standard InChI is InChI=1S/C22H26N4O3/c1-14(2)16-6-5-7-18(10-16)29-22-19(20-8-9-26(4)25-20)11-17(12-23-22)21(28)24-15(3)13-27/h5-12,14-15,27H,13H2,1-4H3,(H,24,28)/t15-/m1/s1. The second-order valence-corrected chi connectivity index (χ2v) is 7.34. The van der Waals surface area contributed by atoms with E-state index >= 15 is 0 Å². The van der Waals surface area contributed by atoms with Gasteiger partial charge in [-0.1, -0.05) is 26.0 Å². The number of hydrogen-bond acceptors (Lipinski definition) is 5. The Balaban J connectivity index is 1.98. The molecule has 7 nitrogen and oxygen atoms in total. The maximum Gasteiger partial charge on any atom is 0.253 e. The minimum atomic E-state index is -0.351. The Morgan fingerprint density at radius 1 is 1.24 bits per heavy atom. The molecule has 0 aliphatic heterocycles. The van der Waals surface area contributed by atoms with Crippen LogP contribution in [-0.4, -0.2) is 38.4 Å². The highest BCUT2D eigenvalue weighted by molar-refractivity contribution is 5.95. The highest BCUT2D eigenvalue weighted by Gasteiger charge is 2.17. The van der Waals surface area contributed by atoms with Crippen molar-refractivity contribution in [1.82, 2.24) is 20.1 Å². The van der Waals surface area contributed by atoms with Gasteiger partial charge in [-0.05, 0) is 42.7 Å². The van der Waals surface area contributed by atoms with E-state index in [1.165, 1.54) is 6.20 Å². The van der Waals surface area contributed by atoms with E-state index < -0.39 is 0 Å². The lowest BCUT2D eigenvalue weighted by Crippen LogP contribution is -2.35. The fraction of sp³-hybridized carbons (Fsp3) is 0.318. The molecule has 7 heteroatoms. The van der Waals surface area contributed by atoms with E-state index in [0.29, 0.717) is 34.4 Å². The second kappa shape index (κ2) is 8.87. The summed E-state index contributed by atoms with van der Waals surface area (Å²) in [7, 11) is 1.82. The van der Waals surface area contributed by atoms with Gasteiger partial charge in [0.05, 0.1) is 23.4 Å². The lowest BCUT2D eigenvalue weighted by Gasteiger charge is -2.14. The maximum atomic E-state index is 12.5. The third-order valence-corrected chi connectivity index (χ3v) is 4.49. The summed E-state index contributed by atoms with van der Waals surface area (Å²) in [5.74, 6) is 1.11. The monoisotopic (exact) mass is 394 g/mol. The fourth-order valence-corrected chi connectivity index (χ4v) is 2.80. The first kappa shape index (κ1) is 20.5. The Hall–Kier alpha value is -3.19. The van der Waals surface area contributed by atoms with Gasteiger partial charge in [0.15, 0.2) is 0 Å². The van der Waals surface area contributed by atoms with E-state index in [2.05, 4.69) is 35.3 Å². The van der Waals surface area contributed by atoms with Crippen molar-refractivity contribution in [1.29, 1.82) is 0 Å². The Labute approximate surface area is 170 Å². The first-order valence-electron chi connectivity index (χ1n) is 9.57. The first-order chi connectivity index (χ1) is 13.9. The van der Waals surface area contributed by atoms with Crippen molar-refractivity contribution < 1.29 is 14.6 Å². The number of nitrogens with one attached hydrogen (secondary N) is 1. The summed E-state index contributed by atoms with van der Waals surface area (Å²) in [6, 6.07) is 11.1. The van der Waals surface area contributed by atoms with Crippen molar-refractivity contribution in [2.45, 2.75) is 32.7 Å². The van der Waals surface area contributed by atoms with Crippen LogP contribution < -0.4 is 10.1 Å². The quantitative estimate of drug-likeness (QED) is 0.640. The average molecular weight is 394 g/mol. The Bertz CT molecular complexity index is 997. The summed E-state index contributed by atoms with van der Waals surface area (Å²) in [6.07, 6.45) is 3.28. The number of pyridine rings is 1. The van der Waals surface area contributed by atoms with Gasteiger partial charge < -0.3 is 15.2 Å². The molecule has 3 aromatic rings. The summed E-state index contributed by atoms with van der Waals surface area (Å²) in [6.45, 7) is 5.83. The van der Waals surface area contributed by atoms with Gasteiger partial charge in [-0.25, -0.2) is 4.98 Å². The number of aromatic nitrogens is 3. The molecule has 0 saturated heterocycles. The van der Waals surface area contributed by atoms with E-state index in [1.54, 1.807) is 17.7 Å². The molecule has 0 radical (unpaired) electrons. The van der Waals surface area contributed by atoms with Crippen molar-refractivity contribution in [3.63, 3.8) is 0 Å². The number of aliphatic hydroxyl groups is 1. The number of hydrogen-bond donors (Lipinski definition) is 2. The molecule has 29 heavy (non-hydrogen) atoms. The molecule has 0 spiro atoms. The van der Waals surface area contributed by atoms with Crippen LogP contribution in [0, 0.1) is 0 Å². The topological polar surface area (TPSA) is 89.3 Å². The molecule has 3 rings (SSSR count). The van der Waals surface area contributed by atoms with Crippen molar-refractivity contribution in [3.8, 4) is 22.9 Å². The molecule has 0 aliphatic rings. The summed E-state index contributed by atoms with van der Waals surface area (Å²) in [5, 5.41) is 16.3. The second-order valence-electron chi connectivity index (χ2n) is 7.34. The smallest absolute Gasteiger partial charge is 0.253 e. The molecule has 1 atom stereocenters. The van der Waals surface area contributed by atoms with E-state index in [4.69, 9.17) is 4.74 Å². The number of ether oxygens (including phenoxy) is 1. The number of carbonyl (C=O) groups is 1. The number of aryl methyl sites for hydroxylation is 1. The van der Waals surface area contributed by atoms with Crippen molar-refractivity contribution in [2.24, 2.45) is 7.05 Å². The molecule has 2 heterocycles. The number of benzene rings is 1. The van der Waals surface area contributed by atoms with Crippen LogP contribution >= 0.6 is 0 Å². The molecule has 2 N–H and O–H groups in total. The number of nitrogens with zero attached hydrogens (tertiary/aromatic N) is 3. The van der Waals surface area contributed by atoms with E-state index in [-0.39, 0.29) is 18.6 Å². The van der Waals surface area contributed by atoms with Crippen molar-refractivity contribution >= 4 is 5.91 Å². The maximum absolute atomic E-state index is 12.5. The van der Waals surface area contributed by atoms with Crippen molar-refractivity contribution in [3.05, 3.63) is 59.9 Å². The first-order valence-corrected chi connectivity index (χ1v) is 9.57. The lowest BCUT2D eigenvalue weighted by atomic mass is 10.0. The highest BCUT2D eigenvalue weighted by atomic mass is 16.5. The number of rotatable bonds is 7. The lowest BCUT2D eigenvalue weighted by molar-refractivity contribution is 0.0922. The van der Waals surface area contributed by atoms with Gasteiger partial charge in [0.1, 0.15) is 5.75 Å². The molecule has 0 saturated carbocycles. The zero-order valence-corrected chi connectivity index (χ0v) is 17.1. The van der Waals surface area contributed by atoms with Gasteiger partial charge in [0.2, 0.25) is 5.88 Å². The van der Waals surface area contributed by atoms with Crippen LogP contribution in [0.1, 0.15) is 42.6 Å². The summed E-state index contributed by atoms with van der Waals surface area (Å²) < 4.78 is 7.75. The third kappa shape index (κ3) is 5.00. The number of carbonyl (C=O) groups excluding carboxylic acids is 1. The molecule has 0 fully saturated rings. The zero-order chi connectivity index (χ0) is 21.0. The summed E-state index contributed by atoms with van der Waals surface area (Å²) in [4.78, 5) is 16.9. The van der Waals surface area contributed by atoms with Crippen LogP contribution in [0.2, 0.25) is 0 Å². The normalized spacial score (nSPS) is 12.1. The number of amides is 1. The minimum Gasteiger partial charge on any atom is -0.438 e. The minimum absolute atomic E-state index is 0.139. The van der Waals surface area contributed by atoms with Crippen LogP contribution in [0.3, 0.4) is 0 Å². The van der Waals surface area contributed by atoms with Gasteiger partial charge in [-0.2, -0.15) is 5.10 Å². The number of aliphatic hydroxyl groups excluding tert-OH is 1. The largest absolute Gasteiger partial charge is 0.438 e. The van der Waals surface area contributed by atoms with Gasteiger partial charge in [0.25, 0.3) is 5.91 Å². The highest BCUT2D eigenvalue weighted by Crippen LogP contribution is 2.32.